The molecule has 0 heterocycles. The van der Waals surface area contributed by atoms with Gasteiger partial charge in [0.05, 0.1) is 6.61 Å². The van der Waals surface area contributed by atoms with E-state index in [0.29, 0.717) is 6.54 Å². The van der Waals surface area contributed by atoms with Gasteiger partial charge < -0.3 is 15.7 Å². The van der Waals surface area contributed by atoms with E-state index in [1.807, 2.05) is 12.1 Å². The van der Waals surface area contributed by atoms with E-state index >= 15 is 0 Å². The minimum Gasteiger partial charge on any atom is -0.395 e. The molecule has 1 amide bonds. The smallest absolute Gasteiger partial charge is 0.221 e. The summed E-state index contributed by atoms with van der Waals surface area (Å²) in [5, 5.41) is 14.3. The molecule has 0 aliphatic carbocycles. The number of hydrogen-bond donors (Lipinski definition) is 3. The highest BCUT2D eigenvalue weighted by Crippen LogP contribution is 2.12. The van der Waals surface area contributed by atoms with Gasteiger partial charge in [-0.15, -0.1) is 0 Å². The Hall–Kier alpha value is -1.55. The van der Waals surface area contributed by atoms with Crippen LogP contribution in [0, 0.1) is 0 Å². The van der Waals surface area contributed by atoms with Gasteiger partial charge >= 0.3 is 0 Å². The Morgan fingerprint density at radius 3 is 2.36 bits per heavy atom. The second-order valence-corrected chi connectivity index (χ2v) is 2.91. The number of aliphatic hydroxyl groups is 1. The van der Waals surface area contributed by atoms with Gasteiger partial charge in [0, 0.05) is 24.8 Å². The van der Waals surface area contributed by atoms with Crippen molar-refractivity contribution < 1.29 is 9.90 Å². The number of nitrogens with one attached hydrogen (secondary N) is 2. The zero-order valence-corrected chi connectivity index (χ0v) is 8.08. The van der Waals surface area contributed by atoms with Gasteiger partial charge in [-0.2, -0.15) is 0 Å². The van der Waals surface area contributed by atoms with E-state index in [1.54, 1.807) is 12.1 Å². The minimum atomic E-state index is -0.0823. The van der Waals surface area contributed by atoms with Crippen molar-refractivity contribution >= 4 is 17.3 Å². The molecular formula is C10H14N2O2. The van der Waals surface area contributed by atoms with Crippen molar-refractivity contribution in [3.8, 4) is 0 Å². The number of carbonyl (C=O) groups is 1. The van der Waals surface area contributed by atoms with E-state index in [1.165, 1.54) is 6.92 Å². The maximum Gasteiger partial charge on any atom is 0.221 e. The van der Waals surface area contributed by atoms with Crippen LogP contribution in [-0.2, 0) is 4.79 Å². The summed E-state index contributed by atoms with van der Waals surface area (Å²) in [5.74, 6) is -0.0823. The van der Waals surface area contributed by atoms with Gasteiger partial charge in [0.2, 0.25) is 5.91 Å². The molecule has 0 aromatic heterocycles. The fourth-order valence-electron chi connectivity index (χ4n) is 1.07. The molecule has 4 nitrogen and oxygen atoms in total. The molecule has 0 fully saturated rings. The molecule has 0 saturated carbocycles. The first kappa shape index (κ1) is 10.5. The number of anilines is 2. The second kappa shape index (κ2) is 5.24. The standard InChI is InChI=1S/C10H14N2O2/c1-8(14)12-10-4-2-9(3-5-10)11-6-7-13/h2-5,11,13H,6-7H2,1H3,(H,12,14). The topological polar surface area (TPSA) is 61.4 Å². The van der Waals surface area contributed by atoms with Crippen LogP contribution in [0.3, 0.4) is 0 Å². The number of amides is 1. The molecule has 1 aromatic rings. The van der Waals surface area contributed by atoms with Crippen LogP contribution in [0.25, 0.3) is 0 Å². The van der Waals surface area contributed by atoms with E-state index in [4.69, 9.17) is 5.11 Å². The third kappa shape index (κ3) is 3.45. The SMILES string of the molecule is CC(=O)Nc1ccc(NCCO)cc1. The highest BCUT2D eigenvalue weighted by atomic mass is 16.3. The molecule has 14 heavy (non-hydrogen) atoms. The summed E-state index contributed by atoms with van der Waals surface area (Å²) in [6.07, 6.45) is 0. The van der Waals surface area contributed by atoms with Gasteiger partial charge in [0.25, 0.3) is 0 Å². The molecule has 1 aromatic carbocycles. The molecule has 3 N–H and O–H groups in total. The summed E-state index contributed by atoms with van der Waals surface area (Å²) < 4.78 is 0. The molecule has 0 bridgehead atoms. The fraction of sp³-hybridized carbons (Fsp3) is 0.300. The molecule has 0 aliphatic heterocycles. The summed E-state index contributed by atoms with van der Waals surface area (Å²) >= 11 is 0. The van der Waals surface area contributed by atoms with Crippen LogP contribution in [0.1, 0.15) is 6.92 Å². The Kier molecular flexibility index (Phi) is 3.94. The fourth-order valence-corrected chi connectivity index (χ4v) is 1.07. The van der Waals surface area contributed by atoms with Crippen molar-refractivity contribution in [2.24, 2.45) is 0 Å². The van der Waals surface area contributed by atoms with Crippen molar-refractivity contribution in [2.75, 3.05) is 23.8 Å². The lowest BCUT2D eigenvalue weighted by atomic mass is 10.3. The molecule has 0 radical (unpaired) electrons. The molecular weight excluding hydrogens is 180 g/mol. The highest BCUT2D eigenvalue weighted by molar-refractivity contribution is 5.88. The van der Waals surface area contributed by atoms with Crippen LogP contribution in [0.15, 0.2) is 24.3 Å². The third-order valence-electron chi connectivity index (χ3n) is 1.65. The number of aliphatic hydroxyl groups excluding tert-OH is 1. The molecule has 0 atom stereocenters. The van der Waals surface area contributed by atoms with E-state index in [-0.39, 0.29) is 12.5 Å². The normalized spacial score (nSPS) is 9.57. The van der Waals surface area contributed by atoms with Crippen molar-refractivity contribution in [2.45, 2.75) is 6.92 Å². The van der Waals surface area contributed by atoms with Crippen molar-refractivity contribution in [1.29, 1.82) is 0 Å². The quantitative estimate of drug-likeness (QED) is 0.671. The maximum absolute atomic E-state index is 10.7. The minimum absolute atomic E-state index is 0.0823. The summed E-state index contributed by atoms with van der Waals surface area (Å²) in [6.45, 7) is 2.10. The van der Waals surface area contributed by atoms with E-state index in [2.05, 4.69) is 10.6 Å². The highest BCUT2D eigenvalue weighted by Gasteiger charge is 1.95. The van der Waals surface area contributed by atoms with E-state index < -0.39 is 0 Å². The molecule has 0 aliphatic rings. The van der Waals surface area contributed by atoms with E-state index in [0.717, 1.165) is 11.4 Å². The first-order valence-electron chi connectivity index (χ1n) is 4.45. The van der Waals surface area contributed by atoms with Crippen molar-refractivity contribution in [1.82, 2.24) is 0 Å². The predicted molar refractivity (Wildman–Crippen MR) is 56.3 cm³/mol. The molecule has 4 heteroatoms. The summed E-state index contributed by atoms with van der Waals surface area (Å²) in [5.41, 5.74) is 1.69. The molecule has 0 saturated heterocycles. The van der Waals surface area contributed by atoms with Crippen LogP contribution in [0.4, 0.5) is 11.4 Å². The average molecular weight is 194 g/mol. The van der Waals surface area contributed by atoms with Crippen LogP contribution >= 0.6 is 0 Å². The molecule has 1 rings (SSSR count). The Morgan fingerprint density at radius 1 is 1.29 bits per heavy atom. The first-order chi connectivity index (χ1) is 6.72. The van der Waals surface area contributed by atoms with Gasteiger partial charge in [-0.25, -0.2) is 0 Å². The van der Waals surface area contributed by atoms with Crippen LogP contribution < -0.4 is 10.6 Å². The van der Waals surface area contributed by atoms with Crippen molar-refractivity contribution in [3.05, 3.63) is 24.3 Å². The number of rotatable bonds is 4. The Labute approximate surface area is 82.9 Å². The third-order valence-corrected chi connectivity index (χ3v) is 1.65. The predicted octanol–water partition coefficient (Wildman–Crippen LogP) is 1.05. The average Bonchev–Trinajstić information content (AvgIpc) is 2.16. The summed E-state index contributed by atoms with van der Waals surface area (Å²) in [4.78, 5) is 10.7. The lowest BCUT2D eigenvalue weighted by Crippen LogP contribution is -2.07. The lowest BCUT2D eigenvalue weighted by Gasteiger charge is -2.05. The number of hydrogen-bond acceptors (Lipinski definition) is 3. The molecule has 0 spiro atoms. The van der Waals surface area contributed by atoms with Gasteiger partial charge in [-0.3, -0.25) is 4.79 Å². The molecule has 0 unspecified atom stereocenters. The Morgan fingerprint density at radius 2 is 1.86 bits per heavy atom. The lowest BCUT2D eigenvalue weighted by molar-refractivity contribution is -0.114. The zero-order valence-electron chi connectivity index (χ0n) is 8.08. The van der Waals surface area contributed by atoms with Gasteiger partial charge in [-0.05, 0) is 24.3 Å². The molecule has 76 valence electrons. The van der Waals surface area contributed by atoms with Gasteiger partial charge in [0.15, 0.2) is 0 Å². The van der Waals surface area contributed by atoms with E-state index in [9.17, 15) is 4.79 Å². The van der Waals surface area contributed by atoms with Crippen LogP contribution in [0.2, 0.25) is 0 Å². The first-order valence-corrected chi connectivity index (χ1v) is 4.45. The van der Waals surface area contributed by atoms with Crippen LogP contribution in [-0.4, -0.2) is 24.2 Å². The largest absolute Gasteiger partial charge is 0.395 e. The second-order valence-electron chi connectivity index (χ2n) is 2.91. The monoisotopic (exact) mass is 194 g/mol. The van der Waals surface area contributed by atoms with Crippen LogP contribution in [0.5, 0.6) is 0 Å². The summed E-state index contributed by atoms with van der Waals surface area (Å²) in [7, 11) is 0. The van der Waals surface area contributed by atoms with Crippen molar-refractivity contribution in [3.63, 3.8) is 0 Å². The maximum atomic E-state index is 10.7. The van der Waals surface area contributed by atoms with Gasteiger partial charge in [-0.1, -0.05) is 0 Å². The number of benzene rings is 1. The number of carbonyl (C=O) groups excluding carboxylic acids is 1. The Balaban J connectivity index is 2.54. The zero-order chi connectivity index (χ0) is 10.4. The summed E-state index contributed by atoms with van der Waals surface area (Å²) in [6, 6.07) is 7.31. The Bertz CT molecular complexity index is 295. The van der Waals surface area contributed by atoms with Gasteiger partial charge in [0.1, 0.15) is 0 Å².